The number of nitrogens with one attached hydrogen (secondary N) is 1. The molecule has 0 saturated heterocycles. The first-order valence-corrected chi connectivity index (χ1v) is 6.27. The van der Waals surface area contributed by atoms with Gasteiger partial charge in [0.15, 0.2) is 0 Å². The van der Waals surface area contributed by atoms with E-state index in [4.69, 9.17) is 4.74 Å². The molecule has 106 valence electrons. The van der Waals surface area contributed by atoms with E-state index in [9.17, 15) is 4.79 Å². The number of hydrogen-bond acceptors (Lipinski definition) is 5. The molecule has 0 aromatic carbocycles. The summed E-state index contributed by atoms with van der Waals surface area (Å²) in [6, 6.07) is 3.43. The van der Waals surface area contributed by atoms with Gasteiger partial charge in [-0.3, -0.25) is 0 Å². The van der Waals surface area contributed by atoms with Gasteiger partial charge in [-0.1, -0.05) is 13.8 Å². The van der Waals surface area contributed by atoms with E-state index in [1.54, 1.807) is 18.3 Å². The first-order valence-electron chi connectivity index (χ1n) is 6.27. The molecule has 0 fully saturated rings. The Bertz CT molecular complexity index is 430. The summed E-state index contributed by atoms with van der Waals surface area (Å²) in [6.07, 6.45) is 1.66. The highest BCUT2D eigenvalue weighted by Crippen LogP contribution is 2.19. The summed E-state index contributed by atoms with van der Waals surface area (Å²) in [5.41, 5.74) is 0.541. The van der Waals surface area contributed by atoms with Crippen molar-refractivity contribution in [3.8, 4) is 0 Å². The third kappa shape index (κ3) is 4.87. The Morgan fingerprint density at radius 3 is 2.74 bits per heavy atom. The molecule has 1 aromatic heterocycles. The second-order valence-corrected chi connectivity index (χ2v) is 5.65. The second-order valence-electron chi connectivity index (χ2n) is 5.65. The van der Waals surface area contributed by atoms with Crippen LogP contribution >= 0.6 is 0 Å². The predicted molar refractivity (Wildman–Crippen MR) is 76.4 cm³/mol. The Morgan fingerprint density at radius 1 is 1.47 bits per heavy atom. The molecule has 0 spiro atoms. The van der Waals surface area contributed by atoms with E-state index in [-0.39, 0.29) is 11.4 Å². The van der Waals surface area contributed by atoms with Gasteiger partial charge < -0.3 is 15.0 Å². The quantitative estimate of drug-likeness (QED) is 0.796. The van der Waals surface area contributed by atoms with Crippen molar-refractivity contribution >= 4 is 11.8 Å². The van der Waals surface area contributed by atoms with Crippen molar-refractivity contribution in [1.82, 2.24) is 9.88 Å². The van der Waals surface area contributed by atoms with Gasteiger partial charge in [0.05, 0.1) is 7.11 Å². The smallest absolute Gasteiger partial charge is 0.341 e. The highest BCUT2D eigenvalue weighted by molar-refractivity contribution is 5.94. The predicted octanol–water partition coefficient (Wildman–Crippen LogP) is 1.87. The van der Waals surface area contributed by atoms with Crippen molar-refractivity contribution in [2.75, 3.05) is 39.6 Å². The van der Waals surface area contributed by atoms with Crippen molar-refractivity contribution in [1.29, 1.82) is 0 Å². The molecule has 0 saturated carbocycles. The Kier molecular flexibility index (Phi) is 5.30. The second kappa shape index (κ2) is 6.52. The van der Waals surface area contributed by atoms with E-state index in [0.29, 0.717) is 11.4 Å². The molecule has 0 atom stereocenters. The Labute approximate surface area is 115 Å². The van der Waals surface area contributed by atoms with Crippen LogP contribution < -0.4 is 5.32 Å². The average molecular weight is 265 g/mol. The zero-order chi connectivity index (χ0) is 14.5. The third-order valence-corrected chi connectivity index (χ3v) is 2.69. The minimum absolute atomic E-state index is 0.0778. The summed E-state index contributed by atoms with van der Waals surface area (Å²) >= 11 is 0. The standard InChI is InChI=1S/C14H23N3O2/c1-14(2,10-17(3)4)9-16-12-11(13(18)19-5)7-6-8-15-12/h6-8H,9-10H2,1-5H3,(H,15,16). The summed E-state index contributed by atoms with van der Waals surface area (Å²) in [6.45, 7) is 6.01. The monoisotopic (exact) mass is 265 g/mol. The largest absolute Gasteiger partial charge is 0.465 e. The molecule has 0 aliphatic heterocycles. The SMILES string of the molecule is COC(=O)c1cccnc1NCC(C)(C)CN(C)C. The number of hydrogen-bond donors (Lipinski definition) is 1. The molecular weight excluding hydrogens is 242 g/mol. The average Bonchev–Trinajstić information content (AvgIpc) is 2.34. The molecule has 0 aliphatic rings. The number of nitrogens with zero attached hydrogens (tertiary/aromatic N) is 2. The van der Waals surface area contributed by atoms with Crippen LogP contribution in [0, 0.1) is 5.41 Å². The molecule has 5 heteroatoms. The summed E-state index contributed by atoms with van der Waals surface area (Å²) in [7, 11) is 5.46. The van der Waals surface area contributed by atoms with Crippen molar-refractivity contribution in [3.63, 3.8) is 0 Å². The van der Waals surface area contributed by atoms with Crippen LogP contribution in [-0.4, -0.2) is 50.1 Å². The number of carbonyl (C=O) groups is 1. The van der Waals surface area contributed by atoms with Gasteiger partial charge in [-0.2, -0.15) is 0 Å². The number of methoxy groups -OCH3 is 1. The zero-order valence-electron chi connectivity index (χ0n) is 12.4. The molecular formula is C14H23N3O2. The van der Waals surface area contributed by atoms with Crippen molar-refractivity contribution in [2.45, 2.75) is 13.8 Å². The normalized spacial score (nSPS) is 11.5. The first-order chi connectivity index (χ1) is 8.85. The molecule has 19 heavy (non-hydrogen) atoms. The van der Waals surface area contributed by atoms with E-state index in [1.165, 1.54) is 7.11 Å². The zero-order valence-corrected chi connectivity index (χ0v) is 12.4. The van der Waals surface area contributed by atoms with Crippen LogP contribution in [0.3, 0.4) is 0 Å². The summed E-state index contributed by atoms with van der Waals surface area (Å²) in [5.74, 6) is 0.196. The van der Waals surface area contributed by atoms with Crippen LogP contribution in [0.1, 0.15) is 24.2 Å². The van der Waals surface area contributed by atoms with Gasteiger partial charge in [-0.15, -0.1) is 0 Å². The number of carbonyl (C=O) groups excluding carboxylic acids is 1. The highest BCUT2D eigenvalue weighted by atomic mass is 16.5. The summed E-state index contributed by atoms with van der Waals surface area (Å²) < 4.78 is 4.75. The van der Waals surface area contributed by atoms with Crippen molar-refractivity contribution < 1.29 is 9.53 Å². The van der Waals surface area contributed by atoms with Crippen LogP contribution in [0.15, 0.2) is 18.3 Å². The maximum absolute atomic E-state index is 11.6. The molecule has 0 bridgehead atoms. The van der Waals surface area contributed by atoms with Crippen molar-refractivity contribution in [2.24, 2.45) is 5.41 Å². The van der Waals surface area contributed by atoms with E-state index >= 15 is 0 Å². The lowest BCUT2D eigenvalue weighted by Crippen LogP contribution is -2.34. The fourth-order valence-electron chi connectivity index (χ4n) is 2.06. The van der Waals surface area contributed by atoms with Gasteiger partial charge in [0.25, 0.3) is 0 Å². The molecule has 0 unspecified atom stereocenters. The summed E-state index contributed by atoms with van der Waals surface area (Å²) in [5, 5.41) is 3.24. The van der Waals surface area contributed by atoms with Crippen LogP contribution in [0.5, 0.6) is 0 Å². The fraction of sp³-hybridized carbons (Fsp3) is 0.571. The van der Waals surface area contributed by atoms with Crippen LogP contribution in [0.25, 0.3) is 0 Å². The van der Waals surface area contributed by atoms with Crippen LogP contribution in [0.4, 0.5) is 5.82 Å². The number of rotatable bonds is 6. The molecule has 1 rings (SSSR count). The van der Waals surface area contributed by atoms with Gasteiger partial charge >= 0.3 is 5.97 Å². The Morgan fingerprint density at radius 2 is 2.16 bits per heavy atom. The minimum Gasteiger partial charge on any atom is -0.465 e. The lowest BCUT2D eigenvalue weighted by molar-refractivity contribution is 0.0601. The lowest BCUT2D eigenvalue weighted by Gasteiger charge is -2.28. The Hall–Kier alpha value is -1.62. The van der Waals surface area contributed by atoms with E-state index < -0.39 is 0 Å². The molecule has 1 N–H and O–H groups in total. The molecule has 0 aliphatic carbocycles. The Balaban J connectivity index is 2.75. The highest BCUT2D eigenvalue weighted by Gasteiger charge is 2.20. The van der Waals surface area contributed by atoms with E-state index in [0.717, 1.165) is 13.1 Å². The van der Waals surface area contributed by atoms with E-state index in [2.05, 4.69) is 29.0 Å². The number of esters is 1. The maximum Gasteiger partial charge on any atom is 0.341 e. The summed E-state index contributed by atoms with van der Waals surface area (Å²) in [4.78, 5) is 18.0. The van der Waals surface area contributed by atoms with Crippen LogP contribution in [0.2, 0.25) is 0 Å². The third-order valence-electron chi connectivity index (χ3n) is 2.69. The van der Waals surface area contributed by atoms with Gasteiger partial charge in [0.1, 0.15) is 11.4 Å². The number of pyridine rings is 1. The fourth-order valence-corrected chi connectivity index (χ4v) is 2.06. The molecule has 0 amide bonds. The van der Waals surface area contributed by atoms with Crippen molar-refractivity contribution in [3.05, 3.63) is 23.9 Å². The molecule has 1 aromatic rings. The minimum atomic E-state index is -0.374. The lowest BCUT2D eigenvalue weighted by atomic mass is 9.93. The topological polar surface area (TPSA) is 54.5 Å². The molecule has 1 heterocycles. The van der Waals surface area contributed by atoms with Gasteiger partial charge in [-0.05, 0) is 31.6 Å². The first kappa shape index (κ1) is 15.4. The van der Waals surface area contributed by atoms with Gasteiger partial charge in [0.2, 0.25) is 0 Å². The molecule has 5 nitrogen and oxygen atoms in total. The molecule has 0 radical (unpaired) electrons. The van der Waals surface area contributed by atoms with E-state index in [1.807, 2.05) is 14.1 Å². The van der Waals surface area contributed by atoms with Gasteiger partial charge in [-0.25, -0.2) is 9.78 Å². The number of ether oxygens (including phenoxy) is 1. The maximum atomic E-state index is 11.6. The van der Waals surface area contributed by atoms with Gasteiger partial charge in [0, 0.05) is 19.3 Å². The number of aromatic nitrogens is 1. The van der Waals surface area contributed by atoms with Crippen LogP contribution in [-0.2, 0) is 4.74 Å². The number of anilines is 1.